The first-order valence-corrected chi connectivity index (χ1v) is 12.0. The first-order valence-electron chi connectivity index (χ1n) is 11.1. The lowest BCUT2D eigenvalue weighted by molar-refractivity contribution is -0.139. The Kier molecular flexibility index (Phi) is 8.40. The molecule has 0 radical (unpaired) electrons. The van der Waals surface area contributed by atoms with Crippen molar-refractivity contribution in [1.82, 2.24) is 14.8 Å². The molecule has 1 unspecified atom stereocenters. The van der Waals surface area contributed by atoms with Gasteiger partial charge in [-0.05, 0) is 32.8 Å². The summed E-state index contributed by atoms with van der Waals surface area (Å²) in [7, 11) is 0. The first kappa shape index (κ1) is 23.2. The second-order valence-electron chi connectivity index (χ2n) is 7.39. The molecular weight excluding hydrogens is 412 g/mol. The molecule has 2 heterocycles. The lowest BCUT2D eigenvalue weighted by atomic mass is 9.95. The topological polar surface area (TPSA) is 78.3 Å². The zero-order valence-corrected chi connectivity index (χ0v) is 19.6. The fraction of sp³-hybridized carbons (Fsp3) is 0.522. The maximum atomic E-state index is 13.0. The summed E-state index contributed by atoms with van der Waals surface area (Å²) in [6, 6.07) is 7.36. The lowest BCUT2D eigenvalue weighted by Gasteiger charge is -2.29. The number of rotatable bonds is 11. The van der Waals surface area contributed by atoms with Crippen molar-refractivity contribution in [2.45, 2.75) is 64.6 Å². The van der Waals surface area contributed by atoms with E-state index in [-0.39, 0.29) is 5.97 Å². The van der Waals surface area contributed by atoms with Crippen molar-refractivity contribution in [3.63, 3.8) is 0 Å². The number of esters is 1. The number of unbranched alkanes of at least 4 members (excludes halogenated alkanes) is 2. The number of hydrogen-bond acceptors (Lipinski definition) is 7. The Morgan fingerprint density at radius 3 is 2.71 bits per heavy atom. The molecule has 2 aromatic rings. The summed E-state index contributed by atoms with van der Waals surface area (Å²) in [6.45, 7) is 8.91. The van der Waals surface area contributed by atoms with Gasteiger partial charge in [0.15, 0.2) is 0 Å². The van der Waals surface area contributed by atoms with E-state index in [1.165, 1.54) is 0 Å². The van der Waals surface area contributed by atoms with E-state index in [0.29, 0.717) is 29.9 Å². The fourth-order valence-corrected chi connectivity index (χ4v) is 4.34. The van der Waals surface area contributed by atoms with Gasteiger partial charge >= 0.3 is 5.97 Å². The van der Waals surface area contributed by atoms with Crippen LogP contribution in [0.4, 0.5) is 5.95 Å². The van der Waals surface area contributed by atoms with Gasteiger partial charge in [-0.15, -0.1) is 5.10 Å². The van der Waals surface area contributed by atoms with E-state index in [9.17, 15) is 4.79 Å². The summed E-state index contributed by atoms with van der Waals surface area (Å²) in [4.78, 5) is 17.6. The summed E-state index contributed by atoms with van der Waals surface area (Å²) in [5.41, 5.74) is 2.12. The molecule has 3 rings (SSSR count). The number of carbonyl (C=O) groups is 1. The molecule has 1 aromatic carbocycles. The Morgan fingerprint density at radius 2 is 1.97 bits per heavy atom. The molecule has 1 atom stereocenters. The van der Waals surface area contributed by atoms with Gasteiger partial charge in [-0.25, -0.2) is 9.48 Å². The molecule has 168 valence electrons. The molecule has 0 saturated carbocycles. The largest absolute Gasteiger partial charge is 0.493 e. The van der Waals surface area contributed by atoms with Gasteiger partial charge in [-0.1, -0.05) is 56.7 Å². The Bertz CT molecular complexity index is 925. The monoisotopic (exact) mass is 444 g/mol. The lowest BCUT2D eigenvalue weighted by Crippen LogP contribution is -2.30. The molecular formula is C23H32N4O3S. The van der Waals surface area contributed by atoms with Crippen molar-refractivity contribution in [1.29, 1.82) is 0 Å². The molecule has 1 aromatic heterocycles. The molecule has 31 heavy (non-hydrogen) atoms. The van der Waals surface area contributed by atoms with Gasteiger partial charge in [0.25, 0.3) is 0 Å². The molecule has 1 aliphatic rings. The maximum Gasteiger partial charge on any atom is 0.338 e. The van der Waals surface area contributed by atoms with Crippen LogP contribution in [-0.4, -0.2) is 39.7 Å². The van der Waals surface area contributed by atoms with E-state index in [4.69, 9.17) is 14.6 Å². The summed E-state index contributed by atoms with van der Waals surface area (Å²) in [6.07, 6.45) is 4.24. The van der Waals surface area contributed by atoms with E-state index in [2.05, 4.69) is 24.1 Å². The van der Waals surface area contributed by atoms with E-state index in [1.807, 2.05) is 38.1 Å². The van der Waals surface area contributed by atoms with Crippen LogP contribution in [0.15, 0.2) is 40.7 Å². The normalized spacial score (nSPS) is 15.4. The number of nitrogens with zero attached hydrogens (tertiary/aromatic N) is 3. The van der Waals surface area contributed by atoms with Gasteiger partial charge in [0.05, 0.1) is 18.8 Å². The van der Waals surface area contributed by atoms with Crippen LogP contribution in [0.3, 0.4) is 0 Å². The minimum Gasteiger partial charge on any atom is -0.493 e. The number of fused-ring (bicyclic) bond motifs is 1. The number of carbonyl (C=O) groups excluding carboxylic acids is 1. The van der Waals surface area contributed by atoms with Crippen molar-refractivity contribution in [2.24, 2.45) is 0 Å². The second kappa shape index (κ2) is 11.2. The number of allylic oxidation sites excluding steroid dienone is 1. The van der Waals surface area contributed by atoms with Gasteiger partial charge < -0.3 is 14.8 Å². The molecule has 0 spiro atoms. The minimum absolute atomic E-state index is 0.305. The Hall–Kier alpha value is -2.48. The highest BCUT2D eigenvalue weighted by Crippen LogP contribution is 2.40. The molecule has 0 amide bonds. The van der Waals surface area contributed by atoms with Crippen molar-refractivity contribution >= 4 is 23.7 Å². The van der Waals surface area contributed by atoms with Crippen molar-refractivity contribution in [3.05, 3.63) is 41.1 Å². The summed E-state index contributed by atoms with van der Waals surface area (Å²) in [5, 5.41) is 8.70. The van der Waals surface area contributed by atoms with Crippen LogP contribution in [0.25, 0.3) is 0 Å². The van der Waals surface area contributed by atoms with Crippen LogP contribution in [0.1, 0.15) is 65.0 Å². The molecule has 0 fully saturated rings. The number of aromatic nitrogens is 3. The van der Waals surface area contributed by atoms with Crippen LogP contribution >= 0.6 is 11.8 Å². The third-order valence-electron chi connectivity index (χ3n) is 5.03. The van der Waals surface area contributed by atoms with E-state index in [1.54, 1.807) is 16.4 Å². The van der Waals surface area contributed by atoms with Crippen molar-refractivity contribution in [2.75, 3.05) is 24.3 Å². The number of para-hydroxylation sites is 1. The fourth-order valence-electron chi connectivity index (χ4n) is 3.43. The number of anilines is 1. The Labute approximate surface area is 188 Å². The second-order valence-corrected chi connectivity index (χ2v) is 8.45. The highest BCUT2D eigenvalue weighted by Gasteiger charge is 2.36. The molecule has 0 saturated heterocycles. The standard InChI is InChI=1S/C23H32N4O3S/c1-5-8-14-30-18-13-11-10-12-17(18)20-19(21(28)29-7-3)16(4)24-22-25-23(26-27(20)22)31-15-9-6-2/h10-13,20H,5-9,14-15H2,1-4H3,(H,24,25,26). The number of ether oxygens (including phenoxy) is 2. The average Bonchev–Trinajstić information content (AvgIpc) is 3.16. The van der Waals surface area contributed by atoms with E-state index < -0.39 is 6.04 Å². The van der Waals surface area contributed by atoms with Crippen LogP contribution in [-0.2, 0) is 9.53 Å². The number of nitrogens with one attached hydrogen (secondary N) is 1. The molecule has 1 aliphatic heterocycles. The third kappa shape index (κ3) is 5.42. The van der Waals surface area contributed by atoms with Gasteiger partial charge in [0, 0.05) is 17.0 Å². The van der Waals surface area contributed by atoms with Crippen molar-refractivity contribution < 1.29 is 14.3 Å². The van der Waals surface area contributed by atoms with E-state index in [0.717, 1.165) is 48.4 Å². The average molecular weight is 445 g/mol. The summed E-state index contributed by atoms with van der Waals surface area (Å²) < 4.78 is 13.3. The van der Waals surface area contributed by atoms with Gasteiger partial charge in [0.1, 0.15) is 11.8 Å². The molecule has 0 bridgehead atoms. The SMILES string of the molecule is CCCCOc1ccccc1C1C(C(=O)OCC)=C(C)Nc2nc(SCCCC)nn21. The molecule has 7 nitrogen and oxygen atoms in total. The van der Waals surface area contributed by atoms with Gasteiger partial charge in [-0.3, -0.25) is 0 Å². The molecule has 1 N–H and O–H groups in total. The number of hydrogen-bond donors (Lipinski definition) is 1. The smallest absolute Gasteiger partial charge is 0.338 e. The zero-order valence-electron chi connectivity index (χ0n) is 18.8. The van der Waals surface area contributed by atoms with Crippen LogP contribution in [0, 0.1) is 0 Å². The van der Waals surface area contributed by atoms with Crippen LogP contribution in [0.2, 0.25) is 0 Å². The first-order chi connectivity index (χ1) is 15.1. The quantitative estimate of drug-likeness (QED) is 0.290. The van der Waals surface area contributed by atoms with Crippen LogP contribution in [0.5, 0.6) is 5.75 Å². The molecule has 8 heteroatoms. The zero-order chi connectivity index (χ0) is 22.2. The highest BCUT2D eigenvalue weighted by atomic mass is 32.2. The van der Waals surface area contributed by atoms with Gasteiger partial charge in [0.2, 0.25) is 11.1 Å². The molecule has 0 aliphatic carbocycles. The predicted octanol–water partition coefficient (Wildman–Crippen LogP) is 5.20. The van der Waals surface area contributed by atoms with E-state index >= 15 is 0 Å². The predicted molar refractivity (Wildman–Crippen MR) is 124 cm³/mol. The summed E-state index contributed by atoms with van der Waals surface area (Å²) >= 11 is 1.63. The maximum absolute atomic E-state index is 13.0. The van der Waals surface area contributed by atoms with Crippen LogP contribution < -0.4 is 10.1 Å². The highest BCUT2D eigenvalue weighted by molar-refractivity contribution is 7.99. The Morgan fingerprint density at radius 1 is 1.19 bits per heavy atom. The number of benzene rings is 1. The van der Waals surface area contributed by atoms with Crippen molar-refractivity contribution in [3.8, 4) is 5.75 Å². The number of thioether (sulfide) groups is 1. The Balaban J connectivity index is 2.05. The third-order valence-corrected chi connectivity index (χ3v) is 5.95. The minimum atomic E-state index is -0.471. The summed E-state index contributed by atoms with van der Waals surface area (Å²) in [5.74, 6) is 1.97. The van der Waals surface area contributed by atoms with Gasteiger partial charge in [-0.2, -0.15) is 4.98 Å².